The molecule has 3 heteroatoms. The SMILES string of the molecule is Cc1cc(CC(N)=S)c(C(C)C)cc1N. The minimum Gasteiger partial charge on any atom is -0.399 e. The van der Waals surface area contributed by atoms with Crippen molar-refractivity contribution in [1.82, 2.24) is 0 Å². The molecule has 2 nitrogen and oxygen atoms in total. The Labute approximate surface area is 96.7 Å². The number of rotatable bonds is 3. The van der Waals surface area contributed by atoms with Crippen LogP contribution in [0, 0.1) is 6.92 Å². The van der Waals surface area contributed by atoms with E-state index >= 15 is 0 Å². The van der Waals surface area contributed by atoms with Crippen LogP contribution in [0.2, 0.25) is 0 Å². The molecular weight excluding hydrogens is 204 g/mol. The van der Waals surface area contributed by atoms with Crippen LogP contribution in [0.4, 0.5) is 5.69 Å². The summed E-state index contributed by atoms with van der Waals surface area (Å²) in [7, 11) is 0. The Balaban J connectivity index is 3.21. The molecule has 0 radical (unpaired) electrons. The molecule has 1 aromatic carbocycles. The topological polar surface area (TPSA) is 52.0 Å². The fourth-order valence-electron chi connectivity index (χ4n) is 1.68. The lowest BCUT2D eigenvalue weighted by atomic mass is 9.93. The summed E-state index contributed by atoms with van der Waals surface area (Å²) in [6, 6.07) is 4.12. The third-order valence-electron chi connectivity index (χ3n) is 2.51. The van der Waals surface area contributed by atoms with Crippen LogP contribution in [-0.4, -0.2) is 4.99 Å². The van der Waals surface area contributed by atoms with E-state index in [9.17, 15) is 0 Å². The van der Waals surface area contributed by atoms with Gasteiger partial charge in [0.2, 0.25) is 0 Å². The molecule has 82 valence electrons. The van der Waals surface area contributed by atoms with E-state index in [4.69, 9.17) is 23.7 Å². The van der Waals surface area contributed by atoms with E-state index in [2.05, 4.69) is 19.9 Å². The summed E-state index contributed by atoms with van der Waals surface area (Å²) in [5.41, 5.74) is 15.8. The van der Waals surface area contributed by atoms with E-state index in [1.165, 1.54) is 11.1 Å². The average molecular weight is 222 g/mol. The van der Waals surface area contributed by atoms with Gasteiger partial charge in [0.15, 0.2) is 0 Å². The molecule has 15 heavy (non-hydrogen) atoms. The van der Waals surface area contributed by atoms with Crippen LogP contribution in [0.5, 0.6) is 0 Å². The second-order valence-corrected chi connectivity index (χ2v) is 4.73. The number of thiocarbonyl (C=S) groups is 1. The molecule has 4 N–H and O–H groups in total. The van der Waals surface area contributed by atoms with Crippen molar-refractivity contribution in [3.8, 4) is 0 Å². The zero-order valence-electron chi connectivity index (χ0n) is 9.50. The molecule has 0 unspecified atom stereocenters. The third-order valence-corrected chi connectivity index (χ3v) is 2.66. The maximum absolute atomic E-state index is 5.89. The minimum absolute atomic E-state index is 0.442. The molecule has 1 rings (SSSR count). The van der Waals surface area contributed by atoms with Crippen molar-refractivity contribution in [3.63, 3.8) is 0 Å². The van der Waals surface area contributed by atoms with Gasteiger partial charge in [-0.25, -0.2) is 0 Å². The lowest BCUT2D eigenvalue weighted by Gasteiger charge is -2.15. The van der Waals surface area contributed by atoms with E-state index in [-0.39, 0.29) is 0 Å². The van der Waals surface area contributed by atoms with E-state index < -0.39 is 0 Å². The molecule has 0 fully saturated rings. The monoisotopic (exact) mass is 222 g/mol. The van der Waals surface area contributed by atoms with Crippen molar-refractivity contribution >= 4 is 22.9 Å². The van der Waals surface area contributed by atoms with E-state index in [0.29, 0.717) is 17.3 Å². The van der Waals surface area contributed by atoms with Gasteiger partial charge in [0, 0.05) is 12.1 Å². The Bertz CT molecular complexity index is 383. The van der Waals surface area contributed by atoms with E-state index in [1.54, 1.807) is 0 Å². The van der Waals surface area contributed by atoms with Crippen LogP contribution in [0.1, 0.15) is 36.5 Å². The molecule has 0 aliphatic carbocycles. The van der Waals surface area contributed by atoms with E-state index in [1.807, 2.05) is 13.0 Å². The number of hydrogen-bond acceptors (Lipinski definition) is 2. The van der Waals surface area contributed by atoms with Crippen molar-refractivity contribution in [2.45, 2.75) is 33.1 Å². The first-order valence-corrected chi connectivity index (χ1v) is 5.49. The normalized spacial score (nSPS) is 10.7. The van der Waals surface area contributed by atoms with Gasteiger partial charge in [0.05, 0.1) is 4.99 Å². The summed E-state index contributed by atoms with van der Waals surface area (Å²) < 4.78 is 0. The van der Waals surface area contributed by atoms with Crippen molar-refractivity contribution in [3.05, 3.63) is 28.8 Å². The van der Waals surface area contributed by atoms with Crippen LogP contribution < -0.4 is 11.5 Å². The highest BCUT2D eigenvalue weighted by molar-refractivity contribution is 7.80. The van der Waals surface area contributed by atoms with Gasteiger partial charge in [-0.2, -0.15) is 0 Å². The molecule has 1 aromatic rings. The third kappa shape index (κ3) is 2.93. The summed E-state index contributed by atoms with van der Waals surface area (Å²) in [5, 5.41) is 0. The Hall–Kier alpha value is -1.09. The summed E-state index contributed by atoms with van der Waals surface area (Å²) in [5.74, 6) is 0.442. The Kier molecular flexibility index (Phi) is 3.69. The largest absolute Gasteiger partial charge is 0.399 e. The molecule has 0 saturated carbocycles. The zero-order valence-corrected chi connectivity index (χ0v) is 10.3. The standard InChI is InChI=1S/C12H18N2S/c1-7(2)10-6-11(13)8(3)4-9(10)5-12(14)15/h4,6-7H,5,13H2,1-3H3,(H2,14,15). The van der Waals surface area contributed by atoms with Gasteiger partial charge in [-0.15, -0.1) is 0 Å². The average Bonchev–Trinajstić information content (AvgIpc) is 2.09. The highest BCUT2D eigenvalue weighted by Gasteiger charge is 2.09. The molecule has 0 amide bonds. The molecule has 0 spiro atoms. The second-order valence-electron chi connectivity index (χ2n) is 4.21. The maximum atomic E-state index is 5.89. The Morgan fingerprint density at radius 1 is 1.40 bits per heavy atom. The fraction of sp³-hybridized carbons (Fsp3) is 0.417. The smallest absolute Gasteiger partial charge is 0.0771 e. The summed E-state index contributed by atoms with van der Waals surface area (Å²) >= 11 is 4.95. The maximum Gasteiger partial charge on any atom is 0.0771 e. The highest BCUT2D eigenvalue weighted by atomic mass is 32.1. The van der Waals surface area contributed by atoms with Gasteiger partial charge < -0.3 is 11.5 Å². The van der Waals surface area contributed by atoms with Gasteiger partial charge in [-0.3, -0.25) is 0 Å². The van der Waals surface area contributed by atoms with Gasteiger partial charge >= 0.3 is 0 Å². The van der Waals surface area contributed by atoms with Crippen molar-refractivity contribution in [2.75, 3.05) is 5.73 Å². The lowest BCUT2D eigenvalue weighted by molar-refractivity contribution is 0.852. The number of nitrogens with two attached hydrogens (primary N) is 2. The predicted octanol–water partition coefficient (Wildman–Crippen LogP) is 2.53. The van der Waals surface area contributed by atoms with Crippen LogP contribution in [-0.2, 0) is 6.42 Å². The first kappa shape index (κ1) is 12.0. The predicted molar refractivity (Wildman–Crippen MR) is 70.2 cm³/mol. The number of hydrogen-bond donors (Lipinski definition) is 2. The van der Waals surface area contributed by atoms with Gasteiger partial charge in [-0.1, -0.05) is 32.1 Å². The molecular formula is C12H18N2S. The number of aryl methyl sites for hydroxylation is 1. The van der Waals surface area contributed by atoms with Gasteiger partial charge in [0.25, 0.3) is 0 Å². The van der Waals surface area contributed by atoms with Crippen LogP contribution in [0.25, 0.3) is 0 Å². The summed E-state index contributed by atoms with van der Waals surface area (Å²) in [6.45, 7) is 6.29. The lowest BCUT2D eigenvalue weighted by Crippen LogP contribution is -2.13. The van der Waals surface area contributed by atoms with Crippen LogP contribution >= 0.6 is 12.2 Å². The van der Waals surface area contributed by atoms with Crippen molar-refractivity contribution in [1.29, 1.82) is 0 Å². The molecule has 0 saturated heterocycles. The summed E-state index contributed by atoms with van der Waals surface area (Å²) in [6.07, 6.45) is 0.657. The molecule has 0 aliphatic rings. The number of nitrogen functional groups attached to an aromatic ring is 1. The Morgan fingerprint density at radius 3 is 2.47 bits per heavy atom. The number of benzene rings is 1. The molecule has 0 heterocycles. The first-order valence-electron chi connectivity index (χ1n) is 5.09. The molecule has 0 bridgehead atoms. The van der Waals surface area contributed by atoms with Gasteiger partial charge in [-0.05, 0) is 35.6 Å². The second kappa shape index (κ2) is 4.62. The molecule has 0 aliphatic heterocycles. The number of anilines is 1. The fourth-order valence-corrected chi connectivity index (χ4v) is 1.84. The van der Waals surface area contributed by atoms with E-state index in [0.717, 1.165) is 11.3 Å². The Morgan fingerprint density at radius 2 is 2.00 bits per heavy atom. The van der Waals surface area contributed by atoms with Gasteiger partial charge in [0.1, 0.15) is 0 Å². The van der Waals surface area contributed by atoms with Crippen LogP contribution in [0.3, 0.4) is 0 Å². The van der Waals surface area contributed by atoms with Crippen molar-refractivity contribution < 1.29 is 0 Å². The summed E-state index contributed by atoms with van der Waals surface area (Å²) in [4.78, 5) is 0.529. The molecule has 0 atom stereocenters. The highest BCUT2D eigenvalue weighted by Crippen LogP contribution is 2.25. The quantitative estimate of drug-likeness (QED) is 0.610. The van der Waals surface area contributed by atoms with Crippen molar-refractivity contribution in [2.24, 2.45) is 5.73 Å². The minimum atomic E-state index is 0.442. The zero-order chi connectivity index (χ0) is 11.6. The van der Waals surface area contributed by atoms with Crippen LogP contribution in [0.15, 0.2) is 12.1 Å². The molecule has 0 aromatic heterocycles. The first-order chi connectivity index (χ1) is 6.91.